The van der Waals surface area contributed by atoms with Gasteiger partial charge >= 0.3 is 0 Å². The van der Waals surface area contributed by atoms with Crippen molar-refractivity contribution >= 4 is 6.08 Å². The molecule has 0 saturated heterocycles. The zero-order valence-corrected chi connectivity index (χ0v) is 7.28. The fourth-order valence-electron chi connectivity index (χ4n) is 0.920. The first-order chi connectivity index (χ1) is 6.33. The quantitative estimate of drug-likeness (QED) is 0.614. The van der Waals surface area contributed by atoms with E-state index in [2.05, 4.69) is 6.58 Å². The van der Waals surface area contributed by atoms with E-state index in [9.17, 15) is 4.39 Å². The van der Waals surface area contributed by atoms with Crippen LogP contribution in [0, 0.1) is 5.82 Å². The zero-order chi connectivity index (χ0) is 9.52. The molecule has 0 amide bonds. The number of rotatable bonds is 3. The van der Waals surface area contributed by atoms with Gasteiger partial charge in [-0.05, 0) is 17.7 Å². The van der Waals surface area contributed by atoms with Crippen molar-refractivity contribution in [3.8, 4) is 0 Å². The molecule has 1 rings (SSSR count). The summed E-state index contributed by atoms with van der Waals surface area (Å²) >= 11 is 0. The average molecular weight is 174 g/mol. The molecule has 0 unspecified atom stereocenters. The van der Waals surface area contributed by atoms with E-state index in [4.69, 9.17) is 0 Å². The van der Waals surface area contributed by atoms with Crippen LogP contribution in [0.5, 0.6) is 0 Å². The highest BCUT2D eigenvalue weighted by Crippen LogP contribution is 2.05. The highest BCUT2D eigenvalue weighted by atomic mass is 19.1. The molecule has 0 heterocycles. The molecular formula is C12H11F. The zero-order valence-electron chi connectivity index (χ0n) is 7.28. The normalized spacial score (nSPS) is 11.2. The van der Waals surface area contributed by atoms with E-state index < -0.39 is 0 Å². The van der Waals surface area contributed by atoms with Crippen molar-refractivity contribution in [3.05, 3.63) is 66.5 Å². The van der Waals surface area contributed by atoms with Gasteiger partial charge in [0.2, 0.25) is 0 Å². The van der Waals surface area contributed by atoms with E-state index in [1.165, 1.54) is 12.1 Å². The van der Waals surface area contributed by atoms with Gasteiger partial charge < -0.3 is 0 Å². The number of halogens is 1. The molecule has 0 atom stereocenters. The van der Waals surface area contributed by atoms with Crippen LogP contribution in [0.3, 0.4) is 0 Å². The van der Waals surface area contributed by atoms with Crippen LogP contribution in [-0.4, -0.2) is 0 Å². The lowest BCUT2D eigenvalue weighted by Gasteiger charge is -1.91. The van der Waals surface area contributed by atoms with Crippen molar-refractivity contribution in [1.82, 2.24) is 0 Å². The Kier molecular flexibility index (Phi) is 3.71. The van der Waals surface area contributed by atoms with E-state index in [0.29, 0.717) is 0 Å². The van der Waals surface area contributed by atoms with Gasteiger partial charge in [0.1, 0.15) is 5.82 Å². The van der Waals surface area contributed by atoms with Gasteiger partial charge in [-0.3, -0.25) is 0 Å². The highest BCUT2D eigenvalue weighted by Gasteiger charge is 1.88. The van der Waals surface area contributed by atoms with Gasteiger partial charge in [0.05, 0.1) is 0 Å². The van der Waals surface area contributed by atoms with E-state index in [1.807, 2.05) is 30.4 Å². The summed E-state index contributed by atoms with van der Waals surface area (Å²) in [7, 11) is 0. The molecule has 0 aliphatic heterocycles. The molecule has 1 aromatic carbocycles. The van der Waals surface area contributed by atoms with E-state index >= 15 is 0 Å². The smallest absolute Gasteiger partial charge is 0.123 e. The summed E-state index contributed by atoms with van der Waals surface area (Å²) in [6.45, 7) is 3.54. The van der Waals surface area contributed by atoms with Crippen LogP contribution in [0.1, 0.15) is 5.56 Å². The second-order valence-electron chi connectivity index (χ2n) is 2.53. The Labute approximate surface area is 77.7 Å². The molecule has 0 bridgehead atoms. The van der Waals surface area contributed by atoms with Gasteiger partial charge in [0.25, 0.3) is 0 Å². The summed E-state index contributed by atoms with van der Waals surface area (Å²) in [4.78, 5) is 0. The third-order valence-electron chi connectivity index (χ3n) is 1.50. The van der Waals surface area contributed by atoms with E-state index in [-0.39, 0.29) is 5.82 Å². The van der Waals surface area contributed by atoms with Crippen LogP contribution in [0.4, 0.5) is 4.39 Å². The Hall–Kier alpha value is -1.63. The Morgan fingerprint density at radius 3 is 2.69 bits per heavy atom. The van der Waals surface area contributed by atoms with Gasteiger partial charge in [0.15, 0.2) is 0 Å². The molecule has 0 aromatic heterocycles. The largest absolute Gasteiger partial charge is 0.207 e. The summed E-state index contributed by atoms with van der Waals surface area (Å²) in [6.07, 6.45) is 9.03. The molecule has 0 N–H and O–H groups in total. The lowest BCUT2D eigenvalue weighted by molar-refractivity contribution is 0.627. The minimum Gasteiger partial charge on any atom is -0.207 e. The van der Waals surface area contributed by atoms with Crippen molar-refractivity contribution in [3.63, 3.8) is 0 Å². The van der Waals surface area contributed by atoms with Gasteiger partial charge in [-0.25, -0.2) is 4.39 Å². The summed E-state index contributed by atoms with van der Waals surface area (Å²) in [5.74, 6) is -0.213. The van der Waals surface area contributed by atoms with Crippen molar-refractivity contribution in [2.24, 2.45) is 0 Å². The fourth-order valence-corrected chi connectivity index (χ4v) is 0.920. The van der Waals surface area contributed by atoms with Gasteiger partial charge in [-0.1, -0.05) is 49.1 Å². The predicted molar refractivity (Wildman–Crippen MR) is 54.8 cm³/mol. The summed E-state index contributed by atoms with van der Waals surface area (Å²) in [6, 6.07) is 6.45. The Morgan fingerprint density at radius 1 is 1.15 bits per heavy atom. The van der Waals surface area contributed by atoms with Crippen molar-refractivity contribution in [1.29, 1.82) is 0 Å². The molecule has 0 spiro atoms. The molecule has 0 saturated carbocycles. The van der Waals surface area contributed by atoms with Crippen LogP contribution in [0.15, 0.2) is 55.1 Å². The second-order valence-corrected chi connectivity index (χ2v) is 2.53. The van der Waals surface area contributed by atoms with Crippen molar-refractivity contribution in [2.75, 3.05) is 0 Å². The van der Waals surface area contributed by atoms with Crippen LogP contribution < -0.4 is 0 Å². The summed E-state index contributed by atoms with van der Waals surface area (Å²) < 4.78 is 12.7. The van der Waals surface area contributed by atoms with Gasteiger partial charge in [0, 0.05) is 0 Å². The molecule has 1 heteroatoms. The molecular weight excluding hydrogens is 163 g/mol. The Morgan fingerprint density at radius 2 is 2.00 bits per heavy atom. The number of benzene rings is 1. The molecule has 0 aliphatic carbocycles. The molecule has 1 aromatic rings. The van der Waals surface area contributed by atoms with Crippen molar-refractivity contribution in [2.45, 2.75) is 0 Å². The van der Waals surface area contributed by atoms with Crippen LogP contribution >= 0.6 is 0 Å². The third kappa shape index (κ3) is 3.52. The Balaban J connectivity index is 2.68. The first-order valence-electron chi connectivity index (χ1n) is 4.04. The molecule has 0 fully saturated rings. The number of allylic oxidation sites excluding steroid dienone is 4. The van der Waals surface area contributed by atoms with Gasteiger partial charge in [-0.2, -0.15) is 0 Å². The van der Waals surface area contributed by atoms with Crippen LogP contribution in [0.2, 0.25) is 0 Å². The molecule has 0 aliphatic rings. The minimum absolute atomic E-state index is 0.213. The summed E-state index contributed by atoms with van der Waals surface area (Å²) in [5, 5.41) is 0. The highest BCUT2D eigenvalue weighted by molar-refractivity contribution is 5.50. The lowest BCUT2D eigenvalue weighted by atomic mass is 10.2. The molecule has 13 heavy (non-hydrogen) atoms. The molecule has 66 valence electrons. The SMILES string of the molecule is C=CC=CC=Cc1cccc(F)c1. The standard InChI is InChI=1S/C12H11F/c1-2-3-4-5-7-11-8-6-9-12(13)10-11/h2-10H,1H2. The third-order valence-corrected chi connectivity index (χ3v) is 1.50. The first kappa shape index (κ1) is 9.46. The molecule has 0 nitrogen and oxygen atoms in total. The monoisotopic (exact) mass is 174 g/mol. The van der Waals surface area contributed by atoms with E-state index in [0.717, 1.165) is 5.56 Å². The minimum atomic E-state index is -0.213. The van der Waals surface area contributed by atoms with Crippen LogP contribution in [0.25, 0.3) is 6.08 Å². The van der Waals surface area contributed by atoms with Gasteiger partial charge in [-0.15, -0.1) is 0 Å². The lowest BCUT2D eigenvalue weighted by Crippen LogP contribution is -1.74. The van der Waals surface area contributed by atoms with E-state index in [1.54, 1.807) is 12.1 Å². The Bertz CT molecular complexity index is 335. The number of hydrogen-bond donors (Lipinski definition) is 0. The first-order valence-corrected chi connectivity index (χ1v) is 4.04. The average Bonchev–Trinajstić information content (AvgIpc) is 2.13. The second kappa shape index (κ2) is 5.09. The topological polar surface area (TPSA) is 0 Å². The fraction of sp³-hybridized carbons (Fsp3) is 0. The summed E-state index contributed by atoms with van der Waals surface area (Å²) in [5.41, 5.74) is 0.855. The number of hydrogen-bond acceptors (Lipinski definition) is 0. The maximum atomic E-state index is 12.7. The van der Waals surface area contributed by atoms with Crippen molar-refractivity contribution < 1.29 is 4.39 Å². The molecule has 0 radical (unpaired) electrons. The predicted octanol–water partition coefficient (Wildman–Crippen LogP) is 3.58. The maximum Gasteiger partial charge on any atom is 0.123 e. The van der Waals surface area contributed by atoms with Crippen LogP contribution in [-0.2, 0) is 0 Å². The maximum absolute atomic E-state index is 12.7.